The molecule has 2 aromatic heterocycles. The predicted octanol–water partition coefficient (Wildman–Crippen LogP) is 3.56. The first-order chi connectivity index (χ1) is 14.0. The summed E-state index contributed by atoms with van der Waals surface area (Å²) in [4.78, 5) is 14.1. The molecule has 30 heavy (non-hydrogen) atoms. The lowest BCUT2D eigenvalue weighted by molar-refractivity contribution is 0.166. The molecule has 1 aliphatic heterocycles. The highest BCUT2D eigenvalue weighted by Gasteiger charge is 2.21. The number of oxazole rings is 1. The number of guanidine groups is 1. The third-order valence-corrected chi connectivity index (χ3v) is 5.79. The lowest BCUT2D eigenvalue weighted by atomic mass is 9.97. The number of aryl methyl sites for hydroxylation is 3. The summed E-state index contributed by atoms with van der Waals surface area (Å²) in [5, 5.41) is 3.44. The van der Waals surface area contributed by atoms with Crippen LogP contribution in [-0.4, -0.2) is 58.5 Å². The summed E-state index contributed by atoms with van der Waals surface area (Å²) in [6.07, 6.45) is 4.42. The highest BCUT2D eigenvalue weighted by Crippen LogP contribution is 2.20. The molecule has 0 radical (unpaired) electrons. The van der Waals surface area contributed by atoms with Crippen molar-refractivity contribution in [1.82, 2.24) is 24.7 Å². The second-order valence-electron chi connectivity index (χ2n) is 8.13. The van der Waals surface area contributed by atoms with Crippen molar-refractivity contribution in [2.24, 2.45) is 18.0 Å². The number of hydrogen-bond acceptors (Lipinski definition) is 4. The van der Waals surface area contributed by atoms with Crippen LogP contribution in [0.25, 0.3) is 0 Å². The Hall–Kier alpha value is -1.55. The van der Waals surface area contributed by atoms with E-state index in [1.54, 1.807) is 0 Å². The number of hydrogen-bond donors (Lipinski definition) is 1. The number of aromatic nitrogens is 2. The molecule has 1 saturated heterocycles. The van der Waals surface area contributed by atoms with Crippen molar-refractivity contribution in [3.8, 4) is 0 Å². The molecule has 1 N–H and O–H groups in total. The topological polar surface area (TPSA) is 61.8 Å². The highest BCUT2D eigenvalue weighted by molar-refractivity contribution is 14.0. The van der Waals surface area contributed by atoms with Crippen LogP contribution in [-0.2, 0) is 20.1 Å². The van der Waals surface area contributed by atoms with E-state index in [2.05, 4.69) is 64.0 Å². The van der Waals surface area contributed by atoms with Gasteiger partial charge in [-0.1, -0.05) is 0 Å². The first-order valence-electron chi connectivity index (χ1n) is 10.7. The molecule has 0 saturated carbocycles. The fourth-order valence-corrected chi connectivity index (χ4v) is 3.79. The van der Waals surface area contributed by atoms with Gasteiger partial charge >= 0.3 is 0 Å². The van der Waals surface area contributed by atoms with Gasteiger partial charge in [0, 0.05) is 39.1 Å². The summed E-state index contributed by atoms with van der Waals surface area (Å²) in [5.74, 6) is 3.39. The summed E-state index contributed by atoms with van der Waals surface area (Å²) in [5.41, 5.74) is 2.28. The molecule has 8 heteroatoms. The predicted molar refractivity (Wildman–Crippen MR) is 132 cm³/mol. The zero-order valence-electron chi connectivity index (χ0n) is 19.0. The number of rotatable bonds is 7. The molecule has 1 aliphatic rings. The monoisotopic (exact) mass is 528 g/mol. The lowest BCUT2D eigenvalue weighted by Gasteiger charge is -2.30. The van der Waals surface area contributed by atoms with Gasteiger partial charge in [0.15, 0.2) is 5.96 Å². The van der Waals surface area contributed by atoms with Crippen molar-refractivity contribution in [1.29, 1.82) is 0 Å². The van der Waals surface area contributed by atoms with Crippen LogP contribution in [0, 0.1) is 19.8 Å². The van der Waals surface area contributed by atoms with Gasteiger partial charge in [-0.3, -0.25) is 9.89 Å². The zero-order chi connectivity index (χ0) is 20.8. The van der Waals surface area contributed by atoms with Gasteiger partial charge in [0.05, 0.1) is 18.8 Å². The minimum Gasteiger partial charge on any atom is -0.444 e. The summed E-state index contributed by atoms with van der Waals surface area (Å²) >= 11 is 0. The maximum Gasteiger partial charge on any atom is 0.208 e. The fourth-order valence-electron chi connectivity index (χ4n) is 3.79. The second kappa shape index (κ2) is 11.7. The Balaban J connectivity index is 0.00000320. The van der Waals surface area contributed by atoms with Crippen molar-refractivity contribution in [2.45, 2.75) is 46.7 Å². The van der Waals surface area contributed by atoms with Crippen LogP contribution < -0.4 is 5.32 Å². The fraction of sp³-hybridized carbons (Fsp3) is 0.636. The van der Waals surface area contributed by atoms with E-state index < -0.39 is 0 Å². The first kappa shape index (κ1) is 24.7. The normalized spacial score (nSPS) is 15.8. The third-order valence-electron chi connectivity index (χ3n) is 5.79. The van der Waals surface area contributed by atoms with Crippen molar-refractivity contribution < 1.29 is 4.42 Å². The summed E-state index contributed by atoms with van der Waals surface area (Å²) in [6.45, 7) is 11.7. The maximum absolute atomic E-state index is 5.74. The van der Waals surface area contributed by atoms with Gasteiger partial charge < -0.3 is 19.2 Å². The molecule has 7 nitrogen and oxygen atoms in total. The molecule has 0 aromatic carbocycles. The van der Waals surface area contributed by atoms with Gasteiger partial charge in [0.2, 0.25) is 5.89 Å². The van der Waals surface area contributed by atoms with Crippen LogP contribution in [0.3, 0.4) is 0 Å². The average Bonchev–Trinajstić information content (AvgIpc) is 3.24. The number of aliphatic imine (C=N–C) groups is 1. The average molecular weight is 528 g/mol. The zero-order valence-corrected chi connectivity index (χ0v) is 21.3. The maximum atomic E-state index is 5.74. The summed E-state index contributed by atoms with van der Waals surface area (Å²) in [6, 6.07) is 4.24. The number of nitrogens with one attached hydrogen (secondary N) is 1. The Morgan fingerprint density at radius 1 is 1.33 bits per heavy atom. The van der Waals surface area contributed by atoms with Gasteiger partial charge in [-0.05, 0) is 64.8 Å². The minimum absolute atomic E-state index is 0. The van der Waals surface area contributed by atoms with Gasteiger partial charge in [0.1, 0.15) is 5.76 Å². The molecule has 0 amide bonds. The van der Waals surface area contributed by atoms with Crippen molar-refractivity contribution in [3.05, 3.63) is 41.4 Å². The van der Waals surface area contributed by atoms with Crippen LogP contribution in [0.2, 0.25) is 0 Å². The van der Waals surface area contributed by atoms with E-state index >= 15 is 0 Å². The van der Waals surface area contributed by atoms with Gasteiger partial charge in [0.25, 0.3) is 0 Å². The van der Waals surface area contributed by atoms with Gasteiger partial charge in [-0.25, -0.2) is 4.98 Å². The Morgan fingerprint density at radius 2 is 2.07 bits per heavy atom. The van der Waals surface area contributed by atoms with E-state index in [0.29, 0.717) is 5.92 Å². The number of nitrogens with zero attached hydrogens (tertiary/aromatic N) is 5. The molecular formula is C22H37IN6O. The summed E-state index contributed by atoms with van der Waals surface area (Å²) < 4.78 is 7.90. The van der Waals surface area contributed by atoms with Crippen LogP contribution >= 0.6 is 24.0 Å². The molecule has 0 spiro atoms. The molecule has 0 aliphatic carbocycles. The van der Waals surface area contributed by atoms with E-state index in [9.17, 15) is 0 Å². The Labute approximate surface area is 197 Å². The van der Waals surface area contributed by atoms with Gasteiger partial charge in [-0.15, -0.1) is 24.0 Å². The standard InChI is InChI=1S/C22H36N6O.HI/c1-6-23-22(27(5)15-20-8-7-11-26(20)4)24-14-19-9-12-28(13-10-19)16-21-25-17(2)18(3)29-21;/h7-8,11,19H,6,9-10,12-16H2,1-5H3,(H,23,24);1H. The molecular weight excluding hydrogens is 491 g/mol. The molecule has 168 valence electrons. The molecule has 0 bridgehead atoms. The number of halogens is 1. The van der Waals surface area contributed by atoms with E-state index in [0.717, 1.165) is 62.6 Å². The molecule has 1 fully saturated rings. The van der Waals surface area contributed by atoms with Crippen molar-refractivity contribution in [3.63, 3.8) is 0 Å². The number of likely N-dealkylation sites (tertiary alicyclic amines) is 1. The van der Waals surface area contributed by atoms with E-state index in [4.69, 9.17) is 9.41 Å². The molecule has 2 aromatic rings. The molecule has 3 rings (SSSR count). The molecule has 0 atom stereocenters. The molecule has 0 unspecified atom stereocenters. The second-order valence-corrected chi connectivity index (χ2v) is 8.13. The smallest absolute Gasteiger partial charge is 0.208 e. The SMILES string of the molecule is CCNC(=NCC1CCN(Cc2nc(C)c(C)o2)CC1)N(C)Cc1cccn1C.I. The van der Waals surface area contributed by atoms with E-state index in [-0.39, 0.29) is 24.0 Å². The Morgan fingerprint density at radius 3 is 2.63 bits per heavy atom. The lowest BCUT2D eigenvalue weighted by Crippen LogP contribution is -2.39. The molecule has 3 heterocycles. The first-order valence-corrected chi connectivity index (χ1v) is 10.7. The van der Waals surface area contributed by atoms with E-state index in [1.165, 1.54) is 18.5 Å². The van der Waals surface area contributed by atoms with Crippen LogP contribution in [0.4, 0.5) is 0 Å². The third kappa shape index (κ3) is 6.73. The number of piperidine rings is 1. The Bertz CT molecular complexity index is 787. The van der Waals surface area contributed by atoms with Crippen molar-refractivity contribution in [2.75, 3.05) is 33.2 Å². The van der Waals surface area contributed by atoms with Crippen LogP contribution in [0.15, 0.2) is 27.7 Å². The van der Waals surface area contributed by atoms with Crippen LogP contribution in [0.1, 0.15) is 42.8 Å². The van der Waals surface area contributed by atoms with Crippen molar-refractivity contribution >= 4 is 29.9 Å². The van der Waals surface area contributed by atoms with Crippen LogP contribution in [0.5, 0.6) is 0 Å². The highest BCUT2D eigenvalue weighted by atomic mass is 127. The minimum atomic E-state index is 0. The quantitative estimate of drug-likeness (QED) is 0.339. The van der Waals surface area contributed by atoms with E-state index in [1.807, 2.05) is 13.8 Å². The largest absolute Gasteiger partial charge is 0.444 e. The van der Waals surface area contributed by atoms with Gasteiger partial charge in [-0.2, -0.15) is 0 Å². The Kier molecular flexibility index (Phi) is 9.67. The summed E-state index contributed by atoms with van der Waals surface area (Å²) in [7, 11) is 4.19.